The molecule has 28 heavy (non-hydrogen) atoms. The number of carbonyl (C=O) groups is 1. The van der Waals surface area contributed by atoms with Crippen LogP contribution in [0.1, 0.15) is 29.6 Å². The van der Waals surface area contributed by atoms with E-state index in [1.54, 1.807) is 36.9 Å². The Balaban J connectivity index is 1.36. The summed E-state index contributed by atoms with van der Waals surface area (Å²) < 4.78 is 5.16. The lowest BCUT2D eigenvalue weighted by Gasteiger charge is -2.31. The van der Waals surface area contributed by atoms with Gasteiger partial charge >= 0.3 is 0 Å². The van der Waals surface area contributed by atoms with Gasteiger partial charge in [0.05, 0.1) is 6.61 Å². The number of methoxy groups -OCH3 is 1. The van der Waals surface area contributed by atoms with Crippen molar-refractivity contribution in [3.05, 3.63) is 23.2 Å². The number of likely N-dealkylation sites (tertiary alicyclic amines) is 1. The molecule has 4 rings (SSSR count). The summed E-state index contributed by atoms with van der Waals surface area (Å²) in [6, 6.07) is 1.74. The molecule has 0 unspecified atom stereocenters. The van der Waals surface area contributed by atoms with Crippen molar-refractivity contribution in [2.45, 2.75) is 19.3 Å². The molecule has 0 aromatic carbocycles. The maximum Gasteiger partial charge on any atom is 0.183 e. The first-order valence-corrected chi connectivity index (χ1v) is 10.6. The molecule has 1 saturated heterocycles. The van der Waals surface area contributed by atoms with Crippen LogP contribution in [0.15, 0.2) is 22.6 Å². The average molecular weight is 400 g/mol. The molecule has 2 aliphatic rings. The normalized spacial score (nSPS) is 17.7. The van der Waals surface area contributed by atoms with Crippen LogP contribution in [0.4, 0.5) is 10.8 Å². The number of Topliss-reactive ketones (excluding diaryl/α,β-unsaturated/α-hetero) is 1. The summed E-state index contributed by atoms with van der Waals surface area (Å²) in [5.41, 5.74) is 2.72. The largest absolute Gasteiger partial charge is 0.383 e. The second kappa shape index (κ2) is 8.89. The van der Waals surface area contributed by atoms with Crippen LogP contribution in [0.25, 0.3) is 11.4 Å². The lowest BCUT2D eigenvalue weighted by atomic mass is 9.97. The number of pyridine rings is 1. The SMILES string of the molecule is COCCN1CCC(CNc2nc(-c3nccc4c3N=CCC4=O)cs2)CC1. The number of rotatable bonds is 7. The Kier molecular flexibility index (Phi) is 6.09. The van der Waals surface area contributed by atoms with E-state index in [1.807, 2.05) is 5.38 Å². The van der Waals surface area contributed by atoms with Crippen molar-refractivity contribution in [3.63, 3.8) is 0 Å². The molecule has 2 aliphatic heterocycles. The molecule has 0 atom stereocenters. The van der Waals surface area contributed by atoms with Gasteiger partial charge < -0.3 is 15.0 Å². The van der Waals surface area contributed by atoms with Crippen LogP contribution >= 0.6 is 11.3 Å². The first-order chi connectivity index (χ1) is 13.7. The maximum atomic E-state index is 12.1. The number of aromatic nitrogens is 2. The summed E-state index contributed by atoms with van der Waals surface area (Å²) in [5, 5.41) is 6.35. The summed E-state index contributed by atoms with van der Waals surface area (Å²) >= 11 is 1.57. The quantitative estimate of drug-likeness (QED) is 0.770. The van der Waals surface area contributed by atoms with Gasteiger partial charge in [0, 0.05) is 50.0 Å². The number of fused-ring (bicyclic) bond motifs is 1. The zero-order chi connectivity index (χ0) is 19.3. The van der Waals surface area contributed by atoms with Crippen LogP contribution in [-0.4, -0.2) is 66.8 Å². The molecule has 0 bridgehead atoms. The van der Waals surface area contributed by atoms with E-state index in [-0.39, 0.29) is 5.78 Å². The predicted octanol–water partition coefficient (Wildman–Crippen LogP) is 3.26. The molecule has 2 aromatic heterocycles. The molecule has 0 radical (unpaired) electrons. The van der Waals surface area contributed by atoms with Crippen molar-refractivity contribution in [1.82, 2.24) is 14.9 Å². The Morgan fingerprint density at radius 2 is 2.21 bits per heavy atom. The number of hydrogen-bond acceptors (Lipinski definition) is 8. The third-order valence-corrected chi connectivity index (χ3v) is 6.13. The van der Waals surface area contributed by atoms with Gasteiger partial charge in [-0.15, -0.1) is 11.3 Å². The van der Waals surface area contributed by atoms with Gasteiger partial charge in [0.2, 0.25) is 0 Å². The highest BCUT2D eigenvalue weighted by Crippen LogP contribution is 2.35. The fourth-order valence-electron chi connectivity index (χ4n) is 3.66. The third-order valence-electron chi connectivity index (χ3n) is 5.33. The van der Waals surface area contributed by atoms with Crippen LogP contribution in [0.3, 0.4) is 0 Å². The number of aliphatic imine (C=N–C) groups is 1. The van der Waals surface area contributed by atoms with Crippen LogP contribution in [0.5, 0.6) is 0 Å². The number of ketones is 1. The van der Waals surface area contributed by atoms with E-state index in [1.165, 1.54) is 12.8 Å². The number of anilines is 1. The lowest BCUT2D eigenvalue weighted by Crippen LogP contribution is -2.37. The van der Waals surface area contributed by atoms with E-state index < -0.39 is 0 Å². The zero-order valence-electron chi connectivity index (χ0n) is 16.1. The average Bonchev–Trinajstić information content (AvgIpc) is 3.20. The summed E-state index contributed by atoms with van der Waals surface area (Å²) in [7, 11) is 1.75. The van der Waals surface area contributed by atoms with E-state index in [0.717, 1.165) is 43.6 Å². The first-order valence-electron chi connectivity index (χ1n) is 9.70. The number of piperidine rings is 1. The van der Waals surface area contributed by atoms with Gasteiger partial charge in [-0.2, -0.15) is 0 Å². The number of thiazole rings is 1. The molecule has 7 nitrogen and oxygen atoms in total. The number of hydrogen-bond donors (Lipinski definition) is 1. The van der Waals surface area contributed by atoms with Gasteiger partial charge in [-0.25, -0.2) is 4.98 Å². The van der Waals surface area contributed by atoms with Gasteiger partial charge in [-0.3, -0.25) is 14.8 Å². The van der Waals surface area contributed by atoms with Crippen molar-refractivity contribution in [1.29, 1.82) is 0 Å². The van der Waals surface area contributed by atoms with Gasteiger partial charge in [0.1, 0.15) is 17.1 Å². The molecular formula is C20H25N5O2S. The monoisotopic (exact) mass is 399 g/mol. The molecule has 0 amide bonds. The highest BCUT2D eigenvalue weighted by atomic mass is 32.1. The van der Waals surface area contributed by atoms with E-state index in [2.05, 4.69) is 25.2 Å². The van der Waals surface area contributed by atoms with Gasteiger partial charge in [-0.1, -0.05) is 0 Å². The minimum Gasteiger partial charge on any atom is -0.383 e. The van der Waals surface area contributed by atoms with Crippen LogP contribution in [-0.2, 0) is 4.74 Å². The number of nitrogens with one attached hydrogen (secondary N) is 1. The smallest absolute Gasteiger partial charge is 0.183 e. The number of nitrogens with zero attached hydrogens (tertiary/aromatic N) is 4. The minimum atomic E-state index is 0.0825. The summed E-state index contributed by atoms with van der Waals surface area (Å²) in [4.78, 5) is 28.1. The molecule has 0 saturated carbocycles. The fraction of sp³-hybridized carbons (Fsp3) is 0.500. The van der Waals surface area contributed by atoms with Crippen molar-refractivity contribution >= 4 is 34.2 Å². The summed E-state index contributed by atoms with van der Waals surface area (Å²) in [6.45, 7) is 5.02. The van der Waals surface area contributed by atoms with Crippen molar-refractivity contribution in [2.24, 2.45) is 10.9 Å². The molecule has 1 N–H and O–H groups in total. The highest BCUT2D eigenvalue weighted by Gasteiger charge is 2.21. The van der Waals surface area contributed by atoms with Crippen molar-refractivity contribution in [3.8, 4) is 11.4 Å². The number of ether oxygens (including phenoxy) is 1. The summed E-state index contributed by atoms with van der Waals surface area (Å²) in [5.74, 6) is 0.745. The second-order valence-electron chi connectivity index (χ2n) is 7.19. The minimum absolute atomic E-state index is 0.0825. The Labute approximate surface area is 168 Å². The Bertz CT molecular complexity index is 858. The molecule has 0 aliphatic carbocycles. The zero-order valence-corrected chi connectivity index (χ0v) is 16.9. The molecule has 148 valence electrons. The standard InChI is InChI=1S/C20H25N5O2S/c1-27-11-10-25-8-4-14(5-9-25)12-23-20-24-16(13-28-20)19-18-15(2-6-22-19)17(26)3-7-21-18/h2,6-7,13-14H,3-5,8-12H2,1H3,(H,23,24). The predicted molar refractivity (Wildman–Crippen MR) is 112 cm³/mol. The molecule has 1 fully saturated rings. The van der Waals surface area contributed by atoms with Gasteiger partial charge in [0.15, 0.2) is 10.9 Å². The first kappa shape index (κ1) is 19.2. The molecule has 2 aromatic rings. The van der Waals surface area contributed by atoms with E-state index in [9.17, 15) is 4.79 Å². The molecule has 8 heteroatoms. The molecule has 4 heterocycles. The van der Waals surface area contributed by atoms with E-state index in [4.69, 9.17) is 4.74 Å². The van der Waals surface area contributed by atoms with Crippen LogP contribution < -0.4 is 5.32 Å². The Morgan fingerprint density at radius 1 is 1.36 bits per heavy atom. The lowest BCUT2D eigenvalue weighted by molar-refractivity contribution is 0.100. The maximum absolute atomic E-state index is 12.1. The Morgan fingerprint density at radius 3 is 3.04 bits per heavy atom. The van der Waals surface area contributed by atoms with Crippen molar-refractivity contribution in [2.75, 3.05) is 45.2 Å². The van der Waals surface area contributed by atoms with E-state index >= 15 is 0 Å². The number of carbonyl (C=O) groups excluding carboxylic acids is 1. The highest BCUT2D eigenvalue weighted by molar-refractivity contribution is 7.14. The fourth-order valence-corrected chi connectivity index (χ4v) is 4.36. The molecule has 0 spiro atoms. The van der Waals surface area contributed by atoms with Gasteiger partial charge in [0.25, 0.3) is 0 Å². The van der Waals surface area contributed by atoms with Crippen LogP contribution in [0, 0.1) is 5.92 Å². The van der Waals surface area contributed by atoms with Gasteiger partial charge in [-0.05, 0) is 37.9 Å². The van der Waals surface area contributed by atoms with E-state index in [0.29, 0.717) is 29.3 Å². The third kappa shape index (κ3) is 4.29. The second-order valence-corrected chi connectivity index (χ2v) is 8.05. The topological polar surface area (TPSA) is 79.7 Å². The van der Waals surface area contributed by atoms with Crippen molar-refractivity contribution < 1.29 is 9.53 Å². The summed E-state index contributed by atoms with van der Waals surface area (Å²) in [6.07, 6.45) is 6.06. The van der Waals surface area contributed by atoms with Crippen LogP contribution in [0.2, 0.25) is 0 Å². The molecular weight excluding hydrogens is 374 g/mol. The Hall–Kier alpha value is -2.16.